The van der Waals surface area contributed by atoms with Gasteiger partial charge in [-0.3, -0.25) is 0 Å². The van der Waals surface area contributed by atoms with Crippen LogP contribution in [0.4, 0.5) is 0 Å². The van der Waals surface area contributed by atoms with E-state index in [1.165, 1.54) is 23.1 Å². The van der Waals surface area contributed by atoms with Gasteiger partial charge in [-0.2, -0.15) is 0 Å². The van der Waals surface area contributed by atoms with Gasteiger partial charge in [0.2, 0.25) is 0 Å². The van der Waals surface area contributed by atoms with Gasteiger partial charge in [-0.1, -0.05) is 29.8 Å². The fourth-order valence-electron chi connectivity index (χ4n) is 1.85. The third-order valence-corrected chi connectivity index (χ3v) is 5.03. The van der Waals surface area contributed by atoms with Crippen LogP contribution in [0, 0.1) is 0 Å². The summed E-state index contributed by atoms with van der Waals surface area (Å²) in [6.45, 7) is 0.123. The van der Waals surface area contributed by atoms with Gasteiger partial charge in [0.25, 0.3) is 0 Å². The molecule has 20 heavy (non-hydrogen) atoms. The van der Waals surface area contributed by atoms with Gasteiger partial charge >= 0.3 is 0 Å². The predicted octanol–water partition coefficient (Wildman–Crippen LogP) is 4.10. The van der Waals surface area contributed by atoms with Crippen molar-refractivity contribution in [2.24, 2.45) is 0 Å². The van der Waals surface area contributed by atoms with Crippen molar-refractivity contribution in [1.29, 1.82) is 0 Å². The number of benzene rings is 1. The third-order valence-electron chi connectivity index (χ3n) is 2.72. The molecule has 1 N–H and O–H groups in total. The Hall–Kier alpha value is -1.14. The van der Waals surface area contributed by atoms with Crippen LogP contribution in [0.5, 0.6) is 0 Å². The number of hydrogen-bond donors (Lipinski definition) is 1. The third kappa shape index (κ3) is 2.67. The molecule has 0 unspecified atom stereocenters. The van der Waals surface area contributed by atoms with Crippen LogP contribution in [0.25, 0.3) is 21.6 Å². The lowest BCUT2D eigenvalue weighted by molar-refractivity contribution is 0.322. The van der Waals surface area contributed by atoms with E-state index in [1.54, 1.807) is 0 Å². The van der Waals surface area contributed by atoms with Crippen molar-refractivity contribution in [2.75, 3.05) is 12.4 Å². The lowest BCUT2D eigenvalue weighted by Crippen LogP contribution is -1.95. The largest absolute Gasteiger partial charge is 0.396 e. The molecule has 0 spiro atoms. The first-order valence-electron chi connectivity index (χ1n) is 6.03. The molecule has 1 aromatic carbocycles. The number of para-hydroxylation sites is 1. The second-order valence-electron chi connectivity index (χ2n) is 4.04. The van der Waals surface area contributed by atoms with E-state index in [-0.39, 0.29) is 6.61 Å². The number of fused-ring (bicyclic) bond motifs is 1. The topological polar surface area (TPSA) is 46.0 Å². The van der Waals surface area contributed by atoms with Gasteiger partial charge in [0.05, 0.1) is 22.0 Å². The van der Waals surface area contributed by atoms with Crippen molar-refractivity contribution >= 4 is 45.6 Å². The molecule has 3 aromatic rings. The van der Waals surface area contributed by atoms with Gasteiger partial charge in [-0.05, 0) is 17.5 Å². The summed E-state index contributed by atoms with van der Waals surface area (Å²) in [5.41, 5.74) is 0.891. The summed E-state index contributed by atoms with van der Waals surface area (Å²) < 4.78 is 0. The Morgan fingerprint density at radius 2 is 2.05 bits per heavy atom. The SMILES string of the molecule is OCCSc1nc(-c2sccc2Cl)nc2ccccc12. The quantitative estimate of drug-likeness (QED) is 0.580. The van der Waals surface area contributed by atoms with Gasteiger partial charge in [-0.15, -0.1) is 23.1 Å². The molecule has 102 valence electrons. The maximum absolute atomic E-state index is 9.01. The van der Waals surface area contributed by atoms with Gasteiger partial charge < -0.3 is 5.11 Å². The molecule has 0 amide bonds. The van der Waals surface area contributed by atoms with Crippen molar-refractivity contribution in [1.82, 2.24) is 9.97 Å². The van der Waals surface area contributed by atoms with E-state index in [2.05, 4.69) is 9.97 Å². The molecule has 0 saturated carbocycles. The number of aliphatic hydroxyl groups excluding tert-OH is 1. The summed E-state index contributed by atoms with van der Waals surface area (Å²) in [4.78, 5) is 10.1. The van der Waals surface area contributed by atoms with Crippen LogP contribution in [0.2, 0.25) is 5.02 Å². The maximum Gasteiger partial charge on any atom is 0.172 e. The first-order chi connectivity index (χ1) is 9.79. The van der Waals surface area contributed by atoms with E-state index in [0.717, 1.165) is 20.8 Å². The normalized spacial score (nSPS) is 11.1. The Bertz CT molecular complexity index is 745. The average Bonchev–Trinajstić information content (AvgIpc) is 2.90. The summed E-state index contributed by atoms with van der Waals surface area (Å²) >= 11 is 9.22. The lowest BCUT2D eigenvalue weighted by atomic mass is 10.2. The highest BCUT2D eigenvalue weighted by Gasteiger charge is 2.13. The van der Waals surface area contributed by atoms with Crippen LogP contribution < -0.4 is 0 Å². The summed E-state index contributed by atoms with van der Waals surface area (Å²) in [6.07, 6.45) is 0. The van der Waals surface area contributed by atoms with Crippen LogP contribution in [0.1, 0.15) is 0 Å². The number of thiophene rings is 1. The molecule has 0 aliphatic carbocycles. The number of thioether (sulfide) groups is 1. The molecule has 3 rings (SSSR count). The second-order valence-corrected chi connectivity index (χ2v) is 6.45. The first kappa shape index (κ1) is 13.8. The number of halogens is 1. The summed E-state index contributed by atoms with van der Waals surface area (Å²) in [5, 5.41) is 13.5. The Morgan fingerprint density at radius 1 is 1.20 bits per heavy atom. The Balaban J connectivity index is 2.17. The molecule has 0 bridgehead atoms. The molecule has 0 aliphatic heterocycles. The zero-order chi connectivity index (χ0) is 13.9. The zero-order valence-electron chi connectivity index (χ0n) is 10.4. The minimum atomic E-state index is 0.123. The van der Waals surface area contributed by atoms with Crippen LogP contribution in [-0.2, 0) is 0 Å². The highest BCUT2D eigenvalue weighted by Crippen LogP contribution is 2.34. The maximum atomic E-state index is 9.01. The lowest BCUT2D eigenvalue weighted by Gasteiger charge is -2.07. The van der Waals surface area contributed by atoms with Gasteiger partial charge in [0, 0.05) is 11.1 Å². The molecule has 6 heteroatoms. The minimum Gasteiger partial charge on any atom is -0.396 e. The smallest absolute Gasteiger partial charge is 0.172 e. The first-order valence-corrected chi connectivity index (χ1v) is 8.27. The number of aliphatic hydroxyl groups is 1. The summed E-state index contributed by atoms with van der Waals surface area (Å²) in [7, 11) is 0. The van der Waals surface area contributed by atoms with Gasteiger partial charge in [0.1, 0.15) is 5.03 Å². The molecular weight excluding hydrogens is 312 g/mol. The highest BCUT2D eigenvalue weighted by atomic mass is 35.5. The van der Waals surface area contributed by atoms with Crippen molar-refractivity contribution in [2.45, 2.75) is 5.03 Å². The van der Waals surface area contributed by atoms with Crippen molar-refractivity contribution in [3.05, 3.63) is 40.7 Å². The minimum absolute atomic E-state index is 0.123. The fourth-order valence-corrected chi connectivity index (χ4v) is 3.69. The molecule has 2 heterocycles. The van der Waals surface area contributed by atoms with Gasteiger partial charge in [0.15, 0.2) is 5.82 Å². The van der Waals surface area contributed by atoms with Crippen molar-refractivity contribution in [3.63, 3.8) is 0 Å². The van der Waals surface area contributed by atoms with Crippen LogP contribution in [0.3, 0.4) is 0 Å². The summed E-state index contributed by atoms with van der Waals surface area (Å²) in [5.74, 6) is 1.25. The van der Waals surface area contributed by atoms with E-state index < -0.39 is 0 Å². The van der Waals surface area contributed by atoms with Crippen LogP contribution >= 0.6 is 34.7 Å². The molecule has 0 aliphatic rings. The zero-order valence-corrected chi connectivity index (χ0v) is 12.8. The van der Waals surface area contributed by atoms with E-state index in [4.69, 9.17) is 16.7 Å². The Kier molecular flexibility index (Phi) is 4.21. The second kappa shape index (κ2) is 6.10. The number of nitrogens with zero attached hydrogens (tertiary/aromatic N) is 2. The number of hydrogen-bond acceptors (Lipinski definition) is 5. The molecular formula is C14H11ClN2OS2. The van der Waals surface area contributed by atoms with E-state index in [0.29, 0.717) is 16.6 Å². The molecule has 0 atom stereocenters. The molecule has 0 radical (unpaired) electrons. The van der Waals surface area contributed by atoms with Crippen molar-refractivity contribution < 1.29 is 5.11 Å². The van der Waals surface area contributed by atoms with Crippen molar-refractivity contribution in [3.8, 4) is 10.7 Å². The van der Waals surface area contributed by atoms with Gasteiger partial charge in [-0.25, -0.2) is 9.97 Å². The standard InChI is InChI=1S/C14H11ClN2OS2/c15-10-5-7-19-12(10)13-16-11-4-2-1-3-9(11)14(17-13)20-8-6-18/h1-5,7,18H,6,8H2. The number of aromatic nitrogens is 2. The Labute approximate surface area is 129 Å². The predicted molar refractivity (Wildman–Crippen MR) is 85.7 cm³/mol. The van der Waals surface area contributed by atoms with E-state index in [9.17, 15) is 0 Å². The molecule has 3 nitrogen and oxygen atoms in total. The average molecular weight is 323 g/mol. The van der Waals surface area contributed by atoms with Crippen LogP contribution in [0.15, 0.2) is 40.7 Å². The van der Waals surface area contributed by atoms with E-state index in [1.807, 2.05) is 35.7 Å². The van der Waals surface area contributed by atoms with Crippen LogP contribution in [-0.4, -0.2) is 27.4 Å². The molecule has 2 aromatic heterocycles. The highest BCUT2D eigenvalue weighted by molar-refractivity contribution is 7.99. The number of rotatable bonds is 4. The summed E-state index contributed by atoms with van der Waals surface area (Å²) in [6, 6.07) is 9.72. The monoisotopic (exact) mass is 322 g/mol. The van der Waals surface area contributed by atoms with E-state index >= 15 is 0 Å². The molecule has 0 saturated heterocycles. The molecule has 0 fully saturated rings. The Morgan fingerprint density at radius 3 is 2.80 bits per heavy atom. The fraction of sp³-hybridized carbons (Fsp3) is 0.143.